The van der Waals surface area contributed by atoms with Crippen LogP contribution < -0.4 is 15.2 Å². The molecule has 0 saturated heterocycles. The molecule has 0 atom stereocenters. The SMILES string of the molecule is Cc1cc(N)c(Oc2ccc(OCc3ccccc3)cc2)cc1C. The van der Waals surface area contributed by atoms with Crippen molar-refractivity contribution in [1.82, 2.24) is 0 Å². The lowest BCUT2D eigenvalue weighted by molar-refractivity contribution is 0.306. The van der Waals surface area contributed by atoms with Crippen molar-refractivity contribution in [2.24, 2.45) is 0 Å². The van der Waals surface area contributed by atoms with Crippen molar-refractivity contribution in [1.29, 1.82) is 0 Å². The van der Waals surface area contributed by atoms with Gasteiger partial charge in [0.2, 0.25) is 0 Å². The molecular formula is C21H21NO2. The number of rotatable bonds is 5. The Morgan fingerprint density at radius 2 is 1.42 bits per heavy atom. The van der Waals surface area contributed by atoms with Crippen LogP contribution in [0.25, 0.3) is 0 Å². The molecule has 0 bridgehead atoms. The minimum atomic E-state index is 0.547. The lowest BCUT2D eigenvalue weighted by atomic mass is 10.1. The Morgan fingerprint density at radius 1 is 0.792 bits per heavy atom. The van der Waals surface area contributed by atoms with Crippen molar-refractivity contribution in [2.45, 2.75) is 20.5 Å². The fraction of sp³-hybridized carbons (Fsp3) is 0.143. The molecule has 3 rings (SSSR count). The van der Waals surface area contributed by atoms with E-state index in [0.717, 1.165) is 28.2 Å². The third-order valence-electron chi connectivity index (χ3n) is 3.93. The average Bonchev–Trinajstić information content (AvgIpc) is 2.60. The van der Waals surface area contributed by atoms with E-state index in [1.807, 2.05) is 80.6 Å². The van der Waals surface area contributed by atoms with Crippen molar-refractivity contribution in [3.05, 3.63) is 83.4 Å². The van der Waals surface area contributed by atoms with Gasteiger partial charge in [0.15, 0.2) is 5.75 Å². The molecule has 0 aliphatic rings. The van der Waals surface area contributed by atoms with Gasteiger partial charge >= 0.3 is 0 Å². The third-order valence-corrected chi connectivity index (χ3v) is 3.93. The third kappa shape index (κ3) is 3.87. The summed E-state index contributed by atoms with van der Waals surface area (Å²) in [6.45, 7) is 4.63. The fourth-order valence-corrected chi connectivity index (χ4v) is 2.37. The van der Waals surface area contributed by atoms with Gasteiger partial charge in [-0.25, -0.2) is 0 Å². The zero-order chi connectivity index (χ0) is 16.9. The van der Waals surface area contributed by atoms with Gasteiger partial charge in [0, 0.05) is 0 Å². The Labute approximate surface area is 142 Å². The minimum absolute atomic E-state index is 0.547. The molecule has 122 valence electrons. The van der Waals surface area contributed by atoms with Crippen molar-refractivity contribution in [3.63, 3.8) is 0 Å². The van der Waals surface area contributed by atoms with Gasteiger partial charge in [0.1, 0.15) is 18.1 Å². The van der Waals surface area contributed by atoms with Crippen LogP contribution in [-0.2, 0) is 6.61 Å². The maximum absolute atomic E-state index is 6.03. The van der Waals surface area contributed by atoms with Gasteiger partial charge in [-0.1, -0.05) is 30.3 Å². The van der Waals surface area contributed by atoms with E-state index in [0.29, 0.717) is 18.0 Å². The summed E-state index contributed by atoms with van der Waals surface area (Å²) in [5.74, 6) is 2.22. The lowest BCUT2D eigenvalue weighted by Gasteiger charge is -2.12. The Bertz CT molecular complexity index is 811. The first-order valence-corrected chi connectivity index (χ1v) is 7.93. The number of nitrogen functional groups attached to an aromatic ring is 1. The van der Waals surface area contributed by atoms with E-state index in [1.165, 1.54) is 0 Å². The Morgan fingerprint density at radius 3 is 2.12 bits per heavy atom. The van der Waals surface area contributed by atoms with Crippen LogP contribution in [0, 0.1) is 13.8 Å². The van der Waals surface area contributed by atoms with Crippen LogP contribution in [0.3, 0.4) is 0 Å². The summed E-state index contributed by atoms with van der Waals surface area (Å²) >= 11 is 0. The standard InChI is InChI=1S/C21H21NO2/c1-15-12-20(22)21(13-16(15)2)24-19-10-8-18(9-11-19)23-14-17-6-4-3-5-7-17/h3-13H,14,22H2,1-2H3. The van der Waals surface area contributed by atoms with Crippen molar-refractivity contribution in [2.75, 3.05) is 5.73 Å². The van der Waals surface area contributed by atoms with Gasteiger partial charge < -0.3 is 15.2 Å². The highest BCUT2D eigenvalue weighted by Crippen LogP contribution is 2.31. The minimum Gasteiger partial charge on any atom is -0.489 e. The number of nitrogens with two attached hydrogens (primary N) is 1. The van der Waals surface area contributed by atoms with Crippen LogP contribution in [0.1, 0.15) is 16.7 Å². The molecule has 0 aromatic heterocycles. The van der Waals surface area contributed by atoms with Gasteiger partial charge in [0.05, 0.1) is 5.69 Å². The highest BCUT2D eigenvalue weighted by molar-refractivity contribution is 5.57. The maximum atomic E-state index is 6.03. The number of benzene rings is 3. The predicted octanol–water partition coefficient (Wildman–Crippen LogP) is 5.26. The summed E-state index contributed by atoms with van der Waals surface area (Å²) in [5, 5.41) is 0. The molecule has 0 aliphatic heterocycles. The molecule has 0 aliphatic carbocycles. The molecule has 0 amide bonds. The summed E-state index contributed by atoms with van der Waals surface area (Å²) in [5.41, 5.74) is 10.1. The first kappa shape index (κ1) is 15.9. The molecule has 3 heteroatoms. The van der Waals surface area contributed by atoms with Gasteiger partial charge in [-0.15, -0.1) is 0 Å². The Hall–Kier alpha value is -2.94. The Kier molecular flexibility index (Phi) is 4.71. The Balaban J connectivity index is 1.65. The highest BCUT2D eigenvalue weighted by Gasteiger charge is 2.05. The predicted molar refractivity (Wildman–Crippen MR) is 97.6 cm³/mol. The molecule has 3 nitrogen and oxygen atoms in total. The average molecular weight is 319 g/mol. The topological polar surface area (TPSA) is 44.5 Å². The monoisotopic (exact) mass is 319 g/mol. The van der Waals surface area contributed by atoms with E-state index < -0.39 is 0 Å². The van der Waals surface area contributed by atoms with Crippen molar-refractivity contribution < 1.29 is 9.47 Å². The van der Waals surface area contributed by atoms with Crippen LogP contribution in [0.4, 0.5) is 5.69 Å². The first-order chi connectivity index (χ1) is 11.6. The van der Waals surface area contributed by atoms with E-state index in [9.17, 15) is 0 Å². The van der Waals surface area contributed by atoms with Crippen molar-refractivity contribution >= 4 is 5.69 Å². The maximum Gasteiger partial charge on any atom is 0.150 e. The van der Waals surface area contributed by atoms with Gasteiger partial charge in [-0.2, -0.15) is 0 Å². The number of anilines is 1. The van der Waals surface area contributed by atoms with Crippen LogP contribution in [0.5, 0.6) is 17.2 Å². The normalized spacial score (nSPS) is 10.4. The van der Waals surface area contributed by atoms with Crippen LogP contribution >= 0.6 is 0 Å². The molecule has 3 aromatic rings. The lowest BCUT2D eigenvalue weighted by Crippen LogP contribution is -1.96. The summed E-state index contributed by atoms with van der Waals surface area (Å²) in [4.78, 5) is 0. The molecule has 0 fully saturated rings. The number of hydrogen-bond acceptors (Lipinski definition) is 3. The largest absolute Gasteiger partial charge is 0.489 e. The van der Waals surface area contributed by atoms with Crippen LogP contribution in [0.15, 0.2) is 66.7 Å². The number of aryl methyl sites for hydroxylation is 2. The molecule has 24 heavy (non-hydrogen) atoms. The number of hydrogen-bond donors (Lipinski definition) is 1. The molecule has 2 N–H and O–H groups in total. The highest BCUT2D eigenvalue weighted by atomic mass is 16.5. The van der Waals surface area contributed by atoms with E-state index in [-0.39, 0.29) is 0 Å². The second-order valence-corrected chi connectivity index (χ2v) is 5.82. The second-order valence-electron chi connectivity index (χ2n) is 5.82. The molecule has 0 heterocycles. The summed E-state index contributed by atoms with van der Waals surface area (Å²) in [6.07, 6.45) is 0. The zero-order valence-corrected chi connectivity index (χ0v) is 14.0. The first-order valence-electron chi connectivity index (χ1n) is 7.93. The fourth-order valence-electron chi connectivity index (χ4n) is 2.37. The molecule has 0 radical (unpaired) electrons. The molecule has 0 unspecified atom stereocenters. The summed E-state index contributed by atoms with van der Waals surface area (Å²) < 4.78 is 11.7. The molecule has 0 spiro atoms. The smallest absolute Gasteiger partial charge is 0.150 e. The molecule has 0 saturated carbocycles. The summed E-state index contributed by atoms with van der Waals surface area (Å²) in [7, 11) is 0. The van der Waals surface area contributed by atoms with Gasteiger partial charge in [-0.05, 0) is 66.9 Å². The molecular weight excluding hydrogens is 298 g/mol. The van der Waals surface area contributed by atoms with E-state index in [1.54, 1.807) is 0 Å². The quantitative estimate of drug-likeness (QED) is 0.653. The number of ether oxygens (including phenoxy) is 2. The molecule has 3 aromatic carbocycles. The zero-order valence-electron chi connectivity index (χ0n) is 14.0. The van der Waals surface area contributed by atoms with Crippen molar-refractivity contribution in [3.8, 4) is 17.2 Å². The van der Waals surface area contributed by atoms with Gasteiger partial charge in [-0.3, -0.25) is 0 Å². The van der Waals surface area contributed by atoms with E-state index >= 15 is 0 Å². The van der Waals surface area contributed by atoms with E-state index in [4.69, 9.17) is 15.2 Å². The second kappa shape index (κ2) is 7.09. The van der Waals surface area contributed by atoms with Crippen LogP contribution in [0.2, 0.25) is 0 Å². The van der Waals surface area contributed by atoms with Crippen LogP contribution in [-0.4, -0.2) is 0 Å². The van der Waals surface area contributed by atoms with E-state index in [2.05, 4.69) is 0 Å². The van der Waals surface area contributed by atoms with Gasteiger partial charge in [0.25, 0.3) is 0 Å². The summed E-state index contributed by atoms with van der Waals surface area (Å²) in [6, 6.07) is 21.5.